The molecule has 0 aromatic heterocycles. The van der Waals surface area contributed by atoms with Gasteiger partial charge in [-0.3, -0.25) is 4.99 Å². The Morgan fingerprint density at radius 3 is 2.44 bits per heavy atom. The largest absolute Gasteiger partial charge is 0.274 e. The van der Waals surface area contributed by atoms with Crippen LogP contribution in [0.15, 0.2) is 9.98 Å². The molecular weight excluding hydrogens is 112 g/mol. The summed E-state index contributed by atoms with van der Waals surface area (Å²) in [6, 6.07) is 0. The molecule has 0 saturated heterocycles. The summed E-state index contributed by atoms with van der Waals surface area (Å²) in [6.45, 7) is 4.11. The Bertz CT molecular complexity index is 114. The van der Waals surface area contributed by atoms with Crippen LogP contribution in [0.5, 0.6) is 0 Å². The van der Waals surface area contributed by atoms with Gasteiger partial charge in [0.1, 0.15) is 5.84 Å². The maximum Gasteiger partial charge on any atom is 0.122 e. The van der Waals surface area contributed by atoms with E-state index in [0.717, 1.165) is 18.7 Å². The van der Waals surface area contributed by atoms with Gasteiger partial charge in [-0.2, -0.15) is 0 Å². The van der Waals surface area contributed by atoms with E-state index >= 15 is 0 Å². The zero-order valence-corrected chi connectivity index (χ0v) is 6.39. The van der Waals surface area contributed by atoms with Gasteiger partial charge in [-0.25, -0.2) is 4.99 Å². The molecule has 0 spiro atoms. The van der Waals surface area contributed by atoms with E-state index in [4.69, 9.17) is 0 Å². The zero-order valence-electron chi connectivity index (χ0n) is 6.39. The summed E-state index contributed by atoms with van der Waals surface area (Å²) < 4.78 is 0. The van der Waals surface area contributed by atoms with Crippen LogP contribution in [0.1, 0.15) is 26.7 Å². The normalized spacial score (nSPS) is 13.0. The van der Waals surface area contributed by atoms with E-state index in [2.05, 4.69) is 23.8 Å². The maximum atomic E-state index is 4.10. The summed E-state index contributed by atoms with van der Waals surface area (Å²) in [5.41, 5.74) is 0. The molecule has 2 nitrogen and oxygen atoms in total. The Balaban J connectivity index is 3.70. The highest BCUT2D eigenvalue weighted by Crippen LogP contribution is 1.85. The molecular formula is C7H14N2. The van der Waals surface area contributed by atoms with Gasteiger partial charge >= 0.3 is 0 Å². The van der Waals surface area contributed by atoms with Crippen molar-refractivity contribution in [1.82, 2.24) is 0 Å². The highest BCUT2D eigenvalue weighted by atomic mass is 14.9. The fourth-order valence-electron chi connectivity index (χ4n) is 0.504. The van der Waals surface area contributed by atoms with Crippen LogP contribution in [-0.4, -0.2) is 19.1 Å². The van der Waals surface area contributed by atoms with Crippen LogP contribution in [0.4, 0.5) is 0 Å². The average Bonchev–Trinajstić information content (AvgIpc) is 1.91. The average molecular weight is 126 g/mol. The fraction of sp³-hybridized carbons (Fsp3) is 0.714. The van der Waals surface area contributed by atoms with Crippen LogP contribution in [0.25, 0.3) is 0 Å². The van der Waals surface area contributed by atoms with Gasteiger partial charge in [0, 0.05) is 19.7 Å². The van der Waals surface area contributed by atoms with Gasteiger partial charge in [0.25, 0.3) is 0 Å². The van der Waals surface area contributed by atoms with Crippen molar-refractivity contribution in [1.29, 1.82) is 0 Å². The lowest BCUT2D eigenvalue weighted by Crippen LogP contribution is -1.90. The number of rotatable bonds is 2. The molecule has 0 heterocycles. The van der Waals surface area contributed by atoms with Crippen molar-refractivity contribution >= 4 is 12.1 Å². The van der Waals surface area contributed by atoms with Crippen molar-refractivity contribution in [3.8, 4) is 0 Å². The SMILES string of the molecule is CC/C=N\C(CC)=N/C. The lowest BCUT2D eigenvalue weighted by atomic mass is 10.4. The van der Waals surface area contributed by atoms with E-state index in [0.29, 0.717) is 0 Å². The summed E-state index contributed by atoms with van der Waals surface area (Å²) in [5.74, 6) is 0.928. The second-order valence-electron chi connectivity index (χ2n) is 1.71. The van der Waals surface area contributed by atoms with Crippen molar-refractivity contribution < 1.29 is 0 Å². The highest BCUT2D eigenvalue weighted by molar-refractivity contribution is 5.89. The lowest BCUT2D eigenvalue weighted by molar-refractivity contribution is 1.21. The van der Waals surface area contributed by atoms with Gasteiger partial charge in [-0.05, 0) is 6.42 Å². The summed E-state index contributed by atoms with van der Waals surface area (Å²) in [6.07, 6.45) is 3.79. The second-order valence-corrected chi connectivity index (χ2v) is 1.71. The third kappa shape index (κ3) is 3.88. The van der Waals surface area contributed by atoms with Crippen LogP contribution in [0, 0.1) is 0 Å². The predicted octanol–water partition coefficient (Wildman–Crippen LogP) is 1.91. The molecule has 0 aliphatic rings. The molecule has 0 aromatic carbocycles. The van der Waals surface area contributed by atoms with E-state index in [1.165, 1.54) is 0 Å². The van der Waals surface area contributed by atoms with Gasteiger partial charge in [-0.15, -0.1) is 0 Å². The molecule has 0 bridgehead atoms. The van der Waals surface area contributed by atoms with E-state index in [1.807, 2.05) is 6.21 Å². The molecule has 0 fully saturated rings. The first-order valence-electron chi connectivity index (χ1n) is 3.33. The number of nitrogens with zero attached hydrogens (tertiary/aromatic N) is 2. The zero-order chi connectivity index (χ0) is 7.11. The molecule has 52 valence electrons. The molecule has 0 aliphatic heterocycles. The van der Waals surface area contributed by atoms with Crippen molar-refractivity contribution in [2.45, 2.75) is 26.7 Å². The van der Waals surface area contributed by atoms with Crippen LogP contribution in [-0.2, 0) is 0 Å². The molecule has 0 aliphatic carbocycles. The number of hydrogen-bond acceptors (Lipinski definition) is 1. The minimum atomic E-state index is 0.924. The Hall–Kier alpha value is -0.660. The molecule has 0 unspecified atom stereocenters. The van der Waals surface area contributed by atoms with Crippen molar-refractivity contribution in [3.63, 3.8) is 0 Å². The molecule has 0 aromatic rings. The molecule has 0 rings (SSSR count). The summed E-state index contributed by atoms with van der Waals surface area (Å²) in [7, 11) is 1.77. The fourth-order valence-corrected chi connectivity index (χ4v) is 0.504. The molecule has 0 amide bonds. The summed E-state index contributed by atoms with van der Waals surface area (Å²) >= 11 is 0. The van der Waals surface area contributed by atoms with Crippen molar-refractivity contribution in [2.75, 3.05) is 7.05 Å². The minimum Gasteiger partial charge on any atom is -0.274 e. The molecule has 2 heteroatoms. The summed E-state index contributed by atoms with van der Waals surface area (Å²) in [4.78, 5) is 8.07. The lowest BCUT2D eigenvalue weighted by Gasteiger charge is -1.89. The smallest absolute Gasteiger partial charge is 0.122 e. The monoisotopic (exact) mass is 126 g/mol. The van der Waals surface area contributed by atoms with E-state index < -0.39 is 0 Å². The molecule has 0 radical (unpaired) electrons. The predicted molar refractivity (Wildman–Crippen MR) is 42.4 cm³/mol. The second kappa shape index (κ2) is 5.48. The van der Waals surface area contributed by atoms with Gasteiger partial charge in [0.2, 0.25) is 0 Å². The minimum absolute atomic E-state index is 0.924. The molecule has 9 heavy (non-hydrogen) atoms. The first-order chi connectivity index (χ1) is 4.35. The third-order valence-corrected chi connectivity index (χ3v) is 0.997. The molecule has 0 N–H and O–H groups in total. The molecule has 0 atom stereocenters. The van der Waals surface area contributed by atoms with E-state index in [9.17, 15) is 0 Å². The topological polar surface area (TPSA) is 24.7 Å². The first-order valence-corrected chi connectivity index (χ1v) is 3.33. The number of amidine groups is 1. The number of aliphatic imine (C=N–C) groups is 2. The van der Waals surface area contributed by atoms with Crippen molar-refractivity contribution in [3.05, 3.63) is 0 Å². The van der Waals surface area contributed by atoms with Gasteiger partial charge in [-0.1, -0.05) is 13.8 Å². The quantitative estimate of drug-likeness (QED) is 0.399. The summed E-state index contributed by atoms with van der Waals surface area (Å²) in [5, 5.41) is 0. The van der Waals surface area contributed by atoms with Crippen LogP contribution in [0.3, 0.4) is 0 Å². The van der Waals surface area contributed by atoms with E-state index in [1.54, 1.807) is 7.05 Å². The van der Waals surface area contributed by atoms with E-state index in [-0.39, 0.29) is 0 Å². The Kier molecular flexibility index (Phi) is 5.07. The molecule has 0 saturated carbocycles. The van der Waals surface area contributed by atoms with Crippen LogP contribution < -0.4 is 0 Å². The maximum absolute atomic E-state index is 4.10. The highest BCUT2D eigenvalue weighted by Gasteiger charge is 1.84. The third-order valence-electron chi connectivity index (χ3n) is 0.997. The first kappa shape index (κ1) is 8.34. The standard InChI is InChI=1S/C7H14N2/c1-4-6-9-7(5-2)8-3/h6H,4-5H2,1-3H3/b8-7-,9-6-. The van der Waals surface area contributed by atoms with Gasteiger partial charge in [0.05, 0.1) is 0 Å². The van der Waals surface area contributed by atoms with Gasteiger partial charge < -0.3 is 0 Å². The van der Waals surface area contributed by atoms with Gasteiger partial charge in [0.15, 0.2) is 0 Å². The number of hydrogen-bond donors (Lipinski definition) is 0. The van der Waals surface area contributed by atoms with Crippen LogP contribution >= 0.6 is 0 Å². The van der Waals surface area contributed by atoms with Crippen molar-refractivity contribution in [2.24, 2.45) is 9.98 Å². The Labute approximate surface area is 56.7 Å². The Morgan fingerprint density at radius 2 is 2.11 bits per heavy atom. The van der Waals surface area contributed by atoms with Crippen LogP contribution in [0.2, 0.25) is 0 Å². The Morgan fingerprint density at radius 1 is 1.44 bits per heavy atom.